The molecule has 1 aromatic carbocycles. The topological polar surface area (TPSA) is 107 Å². The quantitative estimate of drug-likeness (QED) is 0.364. The van der Waals surface area contributed by atoms with E-state index in [1.54, 1.807) is 17.0 Å². The van der Waals surface area contributed by atoms with Crippen LogP contribution in [0.1, 0.15) is 59.1 Å². The first-order valence-electron chi connectivity index (χ1n) is 16.6. The van der Waals surface area contributed by atoms with Crippen molar-refractivity contribution in [2.45, 2.75) is 44.3 Å². The van der Waals surface area contributed by atoms with E-state index in [0.717, 1.165) is 44.2 Å². The number of aromatic nitrogens is 2. The Morgan fingerprint density at radius 2 is 1.75 bits per heavy atom. The van der Waals surface area contributed by atoms with Crippen molar-refractivity contribution in [3.63, 3.8) is 0 Å². The summed E-state index contributed by atoms with van der Waals surface area (Å²) in [6.45, 7) is 3.91. The molecule has 1 atom stereocenters. The molecule has 2 N–H and O–H groups in total. The van der Waals surface area contributed by atoms with Gasteiger partial charge in [-0.1, -0.05) is 42.5 Å². The van der Waals surface area contributed by atoms with E-state index in [1.165, 1.54) is 17.3 Å². The minimum absolute atomic E-state index is 0.0561. The Balaban J connectivity index is 0.960. The standard InChI is InChI=1S/C35H38F3N7O3/c36-35(37,38)31-30(48-34(42-31)45-16-13-24(14-17-45)23-6-2-1-3-7-23)32(46)41-26-10-11-28(40-22-26)43-18-20-44(21-19-43)33(47)29-27-9-5-4-8-25(27)12-15-39-29/h2,4-11,22,24,29,39H,1,3,12-21H2,(H,41,46). The number of piperidine rings is 1. The highest BCUT2D eigenvalue weighted by atomic mass is 19.4. The third-order valence-corrected chi connectivity index (χ3v) is 9.63. The third-order valence-electron chi connectivity index (χ3n) is 9.63. The summed E-state index contributed by atoms with van der Waals surface area (Å²) in [5, 5.41) is 5.85. The van der Waals surface area contributed by atoms with E-state index < -0.39 is 23.5 Å². The molecule has 0 bridgehead atoms. The molecule has 3 aromatic rings. The van der Waals surface area contributed by atoms with E-state index in [0.29, 0.717) is 51.0 Å². The lowest BCUT2D eigenvalue weighted by atomic mass is 9.86. The van der Waals surface area contributed by atoms with Crippen LogP contribution in [-0.2, 0) is 17.4 Å². The van der Waals surface area contributed by atoms with Gasteiger partial charge in [-0.15, -0.1) is 0 Å². The lowest BCUT2D eigenvalue weighted by Crippen LogP contribution is -2.52. The first kappa shape index (κ1) is 31.9. The number of carbonyl (C=O) groups excluding carboxylic acids is 2. The van der Waals surface area contributed by atoms with Crippen LogP contribution in [0.4, 0.5) is 30.7 Å². The Hall–Kier alpha value is -4.65. The molecule has 2 fully saturated rings. The average molecular weight is 662 g/mol. The monoisotopic (exact) mass is 661 g/mol. The smallest absolute Gasteiger partial charge is 0.417 e. The van der Waals surface area contributed by atoms with Crippen molar-refractivity contribution in [3.8, 4) is 0 Å². The molecule has 1 unspecified atom stereocenters. The van der Waals surface area contributed by atoms with E-state index in [2.05, 4.69) is 44.9 Å². The molecule has 10 nitrogen and oxygen atoms in total. The zero-order chi connectivity index (χ0) is 33.3. The van der Waals surface area contributed by atoms with E-state index in [1.807, 2.05) is 28.0 Å². The minimum atomic E-state index is -4.87. The second kappa shape index (κ2) is 13.5. The number of allylic oxidation sites excluding steroid dienone is 4. The lowest BCUT2D eigenvalue weighted by Gasteiger charge is -2.38. The van der Waals surface area contributed by atoms with Crippen LogP contribution in [-0.4, -0.2) is 72.5 Å². The zero-order valence-corrected chi connectivity index (χ0v) is 26.5. The summed E-state index contributed by atoms with van der Waals surface area (Å²) in [5.74, 6) is -0.885. The highest BCUT2D eigenvalue weighted by molar-refractivity contribution is 6.03. The maximum absolute atomic E-state index is 14.0. The molecule has 7 rings (SSSR count). The number of carbonyl (C=O) groups is 2. The van der Waals surface area contributed by atoms with E-state index in [-0.39, 0.29) is 23.7 Å². The molecule has 2 saturated heterocycles. The van der Waals surface area contributed by atoms with Crippen LogP contribution in [0.25, 0.3) is 0 Å². The predicted octanol–water partition coefficient (Wildman–Crippen LogP) is 5.37. The van der Waals surface area contributed by atoms with Gasteiger partial charge in [0.2, 0.25) is 11.7 Å². The number of nitrogens with one attached hydrogen (secondary N) is 2. The first-order chi connectivity index (χ1) is 23.2. The molecule has 0 spiro atoms. The molecular weight excluding hydrogens is 623 g/mol. The maximum Gasteiger partial charge on any atom is 0.437 e. The number of oxazole rings is 1. The molecule has 4 aliphatic rings. The summed E-state index contributed by atoms with van der Waals surface area (Å²) in [4.78, 5) is 40.2. The summed E-state index contributed by atoms with van der Waals surface area (Å²) >= 11 is 0. The van der Waals surface area contributed by atoms with Gasteiger partial charge in [0.1, 0.15) is 11.9 Å². The van der Waals surface area contributed by atoms with Gasteiger partial charge in [-0.25, -0.2) is 4.98 Å². The van der Waals surface area contributed by atoms with Crippen LogP contribution < -0.4 is 20.4 Å². The van der Waals surface area contributed by atoms with Crippen molar-refractivity contribution in [1.82, 2.24) is 20.2 Å². The van der Waals surface area contributed by atoms with Crippen LogP contribution in [0, 0.1) is 5.92 Å². The van der Waals surface area contributed by atoms with Crippen molar-refractivity contribution in [3.05, 3.63) is 89.0 Å². The normalized spacial score (nSPS) is 20.4. The Morgan fingerprint density at radius 1 is 0.958 bits per heavy atom. The number of anilines is 3. The van der Waals surface area contributed by atoms with Gasteiger partial charge >= 0.3 is 6.18 Å². The maximum atomic E-state index is 14.0. The number of alkyl halides is 3. The average Bonchev–Trinajstić information content (AvgIpc) is 3.59. The van der Waals surface area contributed by atoms with Crippen LogP contribution in [0.15, 0.2) is 70.8 Å². The minimum Gasteiger partial charge on any atom is -0.417 e. The van der Waals surface area contributed by atoms with E-state index in [9.17, 15) is 22.8 Å². The fraction of sp³-hybridized carbons (Fsp3) is 0.429. The zero-order valence-electron chi connectivity index (χ0n) is 26.5. The number of halogens is 3. The number of rotatable bonds is 6. The van der Waals surface area contributed by atoms with Crippen molar-refractivity contribution in [2.75, 3.05) is 60.9 Å². The Bertz CT molecular complexity index is 1700. The fourth-order valence-corrected chi connectivity index (χ4v) is 7.03. The van der Waals surface area contributed by atoms with Gasteiger partial charge in [-0.3, -0.25) is 9.59 Å². The summed E-state index contributed by atoms with van der Waals surface area (Å²) in [6, 6.07) is 10.8. The van der Waals surface area contributed by atoms with Gasteiger partial charge < -0.3 is 29.8 Å². The Kier molecular flexibility index (Phi) is 8.95. The van der Waals surface area contributed by atoms with Crippen molar-refractivity contribution in [1.29, 1.82) is 0 Å². The molecule has 1 aliphatic carbocycles. The highest BCUT2D eigenvalue weighted by Gasteiger charge is 2.42. The van der Waals surface area contributed by atoms with Crippen molar-refractivity contribution in [2.24, 2.45) is 5.92 Å². The molecule has 48 heavy (non-hydrogen) atoms. The highest BCUT2D eigenvalue weighted by Crippen LogP contribution is 2.36. The van der Waals surface area contributed by atoms with Gasteiger partial charge in [-0.05, 0) is 66.9 Å². The van der Waals surface area contributed by atoms with Gasteiger partial charge in [0.25, 0.3) is 11.9 Å². The van der Waals surface area contributed by atoms with Gasteiger partial charge in [0.15, 0.2) is 5.69 Å². The second-order valence-electron chi connectivity index (χ2n) is 12.6. The fourth-order valence-electron chi connectivity index (χ4n) is 7.03. The largest absolute Gasteiger partial charge is 0.437 e. The van der Waals surface area contributed by atoms with Gasteiger partial charge in [-0.2, -0.15) is 18.2 Å². The summed E-state index contributed by atoms with van der Waals surface area (Å²) in [5.41, 5.74) is 2.38. The molecule has 13 heteroatoms. The molecule has 2 aromatic heterocycles. The first-order valence-corrected chi connectivity index (χ1v) is 16.6. The lowest BCUT2D eigenvalue weighted by molar-refractivity contribution is -0.141. The molecule has 3 aliphatic heterocycles. The van der Waals surface area contributed by atoms with E-state index in [4.69, 9.17) is 4.42 Å². The Morgan fingerprint density at radius 3 is 2.46 bits per heavy atom. The number of fused-ring (bicyclic) bond motifs is 1. The number of amides is 2. The number of nitrogens with zero attached hydrogens (tertiary/aromatic N) is 5. The second-order valence-corrected chi connectivity index (χ2v) is 12.6. The number of pyridine rings is 1. The van der Waals surface area contributed by atoms with Crippen LogP contribution in [0.5, 0.6) is 0 Å². The van der Waals surface area contributed by atoms with Crippen molar-refractivity contribution < 1.29 is 27.2 Å². The third kappa shape index (κ3) is 6.69. The number of piperazine rings is 1. The number of hydrogen-bond acceptors (Lipinski definition) is 8. The summed E-state index contributed by atoms with van der Waals surface area (Å²) < 4.78 is 47.4. The molecular formula is C35H38F3N7O3. The summed E-state index contributed by atoms with van der Waals surface area (Å²) in [7, 11) is 0. The van der Waals surface area contributed by atoms with Gasteiger partial charge in [0, 0.05) is 45.8 Å². The van der Waals surface area contributed by atoms with E-state index >= 15 is 0 Å². The van der Waals surface area contributed by atoms with Crippen molar-refractivity contribution >= 4 is 29.3 Å². The molecule has 0 radical (unpaired) electrons. The molecule has 5 heterocycles. The van der Waals surface area contributed by atoms with Crippen LogP contribution in [0.3, 0.4) is 0 Å². The van der Waals surface area contributed by atoms with Crippen LogP contribution in [0.2, 0.25) is 0 Å². The molecule has 0 saturated carbocycles. The molecule has 252 valence electrons. The predicted molar refractivity (Wildman–Crippen MR) is 175 cm³/mol. The van der Waals surface area contributed by atoms with Gasteiger partial charge in [0.05, 0.1) is 11.9 Å². The number of benzene rings is 1. The van der Waals surface area contributed by atoms with Crippen LogP contribution >= 0.6 is 0 Å². The summed E-state index contributed by atoms with van der Waals surface area (Å²) in [6.07, 6.45) is 7.50. The SMILES string of the molecule is O=C(Nc1ccc(N2CCN(C(=O)C3NCCc4ccccc43)CC2)nc1)c1oc(N2CCC(C3=CCCC=C3)CC2)nc1C(F)(F)F. The Labute approximate surface area is 276 Å². The molecule has 2 amide bonds. The number of hydrogen-bond donors (Lipinski definition) is 2.